The third-order valence-corrected chi connectivity index (χ3v) is 1.68. The average Bonchev–Trinajstić information content (AvgIpc) is 2.06. The van der Waals surface area contributed by atoms with Crippen LogP contribution in [0.5, 0.6) is 0 Å². The van der Waals surface area contributed by atoms with E-state index >= 15 is 0 Å². The molecule has 0 aliphatic heterocycles. The highest BCUT2D eigenvalue weighted by Gasteiger charge is 2.00. The number of nitrogens with zero attached hydrogens (tertiary/aromatic N) is 1. The second-order valence-corrected chi connectivity index (χ2v) is 2.68. The molecule has 0 aromatic carbocycles. The fourth-order valence-electron chi connectivity index (χ4n) is 0.719. The minimum atomic E-state index is 0.0991. The third kappa shape index (κ3) is 4.58. The number of hydrogen-bond acceptors (Lipinski definition) is 2. The standard InChI is InChI=1S/C9H15NO/c1-3-9(6-10)5-4-8(2)7-11/h4,9,11H,3,5,7H2,1-2H3/b8-4+/t9-/m1/s1. The van der Waals surface area contributed by atoms with Gasteiger partial charge >= 0.3 is 0 Å². The number of aliphatic hydroxyl groups excluding tert-OH is 1. The molecule has 0 bridgehead atoms. The van der Waals surface area contributed by atoms with Crippen LogP contribution in [0.2, 0.25) is 0 Å². The molecule has 0 unspecified atom stereocenters. The second kappa shape index (κ2) is 5.94. The van der Waals surface area contributed by atoms with Crippen LogP contribution in [0, 0.1) is 17.2 Å². The van der Waals surface area contributed by atoms with E-state index in [0.29, 0.717) is 0 Å². The van der Waals surface area contributed by atoms with Gasteiger partial charge in [0.25, 0.3) is 0 Å². The quantitative estimate of drug-likeness (QED) is 0.626. The van der Waals surface area contributed by atoms with Crippen LogP contribution in [0.1, 0.15) is 26.7 Å². The summed E-state index contributed by atoms with van der Waals surface area (Å²) in [7, 11) is 0. The molecule has 2 nitrogen and oxygen atoms in total. The van der Waals surface area contributed by atoms with Crippen molar-refractivity contribution in [3.8, 4) is 6.07 Å². The molecule has 0 aliphatic rings. The molecule has 0 fully saturated rings. The summed E-state index contributed by atoms with van der Waals surface area (Å²) in [6.45, 7) is 3.96. The van der Waals surface area contributed by atoms with E-state index in [4.69, 9.17) is 10.4 Å². The molecule has 0 spiro atoms. The average molecular weight is 153 g/mol. The molecule has 62 valence electrons. The van der Waals surface area contributed by atoms with Crippen LogP contribution in [-0.2, 0) is 0 Å². The Balaban J connectivity index is 3.77. The van der Waals surface area contributed by atoms with Crippen LogP contribution in [0.3, 0.4) is 0 Å². The van der Waals surface area contributed by atoms with E-state index < -0.39 is 0 Å². The maximum Gasteiger partial charge on any atom is 0.0658 e. The van der Waals surface area contributed by atoms with Crippen molar-refractivity contribution in [2.24, 2.45) is 5.92 Å². The zero-order valence-electron chi connectivity index (χ0n) is 7.17. The molecule has 0 aliphatic carbocycles. The van der Waals surface area contributed by atoms with Crippen molar-refractivity contribution >= 4 is 0 Å². The highest BCUT2D eigenvalue weighted by atomic mass is 16.3. The van der Waals surface area contributed by atoms with Gasteiger partial charge < -0.3 is 5.11 Å². The molecule has 0 saturated heterocycles. The van der Waals surface area contributed by atoms with Crippen LogP contribution in [0.4, 0.5) is 0 Å². The smallest absolute Gasteiger partial charge is 0.0658 e. The molecule has 0 rings (SSSR count). The van der Waals surface area contributed by atoms with Crippen molar-refractivity contribution in [2.75, 3.05) is 6.61 Å². The minimum Gasteiger partial charge on any atom is -0.392 e. The van der Waals surface area contributed by atoms with Crippen LogP contribution in [0.25, 0.3) is 0 Å². The largest absolute Gasteiger partial charge is 0.392 e. The van der Waals surface area contributed by atoms with Gasteiger partial charge in [0, 0.05) is 5.92 Å². The van der Waals surface area contributed by atoms with Crippen molar-refractivity contribution in [3.63, 3.8) is 0 Å². The van der Waals surface area contributed by atoms with Crippen molar-refractivity contribution in [1.82, 2.24) is 0 Å². The first-order valence-electron chi connectivity index (χ1n) is 3.90. The lowest BCUT2D eigenvalue weighted by molar-refractivity contribution is 0.330. The highest BCUT2D eigenvalue weighted by Crippen LogP contribution is 2.08. The van der Waals surface area contributed by atoms with Gasteiger partial charge in [-0.1, -0.05) is 18.6 Å². The van der Waals surface area contributed by atoms with E-state index in [2.05, 4.69) is 6.07 Å². The molecule has 2 heteroatoms. The van der Waals surface area contributed by atoms with Gasteiger partial charge in [-0.25, -0.2) is 0 Å². The maximum absolute atomic E-state index is 8.64. The summed E-state index contributed by atoms with van der Waals surface area (Å²) in [5.74, 6) is 0.108. The number of allylic oxidation sites excluding steroid dienone is 1. The van der Waals surface area contributed by atoms with Crippen molar-refractivity contribution in [3.05, 3.63) is 11.6 Å². The number of nitriles is 1. The van der Waals surface area contributed by atoms with E-state index in [1.165, 1.54) is 0 Å². The van der Waals surface area contributed by atoms with Crippen LogP contribution in [0.15, 0.2) is 11.6 Å². The summed E-state index contributed by atoms with van der Waals surface area (Å²) >= 11 is 0. The minimum absolute atomic E-state index is 0.0991. The zero-order chi connectivity index (χ0) is 8.69. The molecule has 0 amide bonds. The zero-order valence-corrected chi connectivity index (χ0v) is 7.17. The van der Waals surface area contributed by atoms with Crippen LogP contribution in [-0.4, -0.2) is 11.7 Å². The van der Waals surface area contributed by atoms with Crippen LogP contribution >= 0.6 is 0 Å². The van der Waals surface area contributed by atoms with Gasteiger partial charge in [0.15, 0.2) is 0 Å². The van der Waals surface area contributed by atoms with E-state index in [-0.39, 0.29) is 12.5 Å². The Labute approximate surface area is 68.2 Å². The number of rotatable bonds is 4. The van der Waals surface area contributed by atoms with Gasteiger partial charge in [-0.05, 0) is 19.8 Å². The lowest BCUT2D eigenvalue weighted by Gasteiger charge is -2.01. The lowest BCUT2D eigenvalue weighted by Crippen LogP contribution is -1.93. The van der Waals surface area contributed by atoms with Crippen molar-refractivity contribution in [2.45, 2.75) is 26.7 Å². The van der Waals surface area contributed by atoms with Gasteiger partial charge in [0.05, 0.1) is 12.7 Å². The molecule has 0 aromatic heterocycles. The van der Waals surface area contributed by atoms with Crippen molar-refractivity contribution in [1.29, 1.82) is 5.26 Å². The normalized spacial score (nSPS) is 14.2. The molecular weight excluding hydrogens is 138 g/mol. The first-order valence-corrected chi connectivity index (χ1v) is 3.90. The van der Waals surface area contributed by atoms with E-state index in [9.17, 15) is 0 Å². The molecule has 0 saturated carbocycles. The fourth-order valence-corrected chi connectivity index (χ4v) is 0.719. The Morgan fingerprint density at radius 1 is 1.73 bits per heavy atom. The number of hydrogen-bond donors (Lipinski definition) is 1. The number of aliphatic hydroxyl groups is 1. The fraction of sp³-hybridized carbons (Fsp3) is 0.667. The Kier molecular flexibility index (Phi) is 5.50. The van der Waals surface area contributed by atoms with Gasteiger partial charge in [-0.3, -0.25) is 0 Å². The van der Waals surface area contributed by atoms with E-state index in [0.717, 1.165) is 18.4 Å². The Hall–Kier alpha value is -0.810. The summed E-state index contributed by atoms with van der Waals surface area (Å²) in [4.78, 5) is 0. The first-order chi connectivity index (χ1) is 5.24. The molecular formula is C9H15NO. The predicted molar refractivity (Wildman–Crippen MR) is 44.9 cm³/mol. The second-order valence-electron chi connectivity index (χ2n) is 2.68. The summed E-state index contributed by atoms with van der Waals surface area (Å²) in [6, 6.07) is 2.20. The van der Waals surface area contributed by atoms with Gasteiger partial charge in [0.2, 0.25) is 0 Å². The first kappa shape index (κ1) is 10.2. The highest BCUT2D eigenvalue weighted by molar-refractivity contribution is 5.00. The van der Waals surface area contributed by atoms with Crippen LogP contribution < -0.4 is 0 Å². The topological polar surface area (TPSA) is 44.0 Å². The molecule has 1 atom stereocenters. The summed E-state index contributed by atoms with van der Waals surface area (Å²) < 4.78 is 0. The van der Waals surface area contributed by atoms with Crippen molar-refractivity contribution < 1.29 is 5.11 Å². The summed E-state index contributed by atoms with van der Waals surface area (Å²) in [6.07, 6.45) is 3.57. The molecule has 11 heavy (non-hydrogen) atoms. The SMILES string of the molecule is CC[C@@H](C#N)C/C=C(\C)CO. The summed E-state index contributed by atoms with van der Waals surface area (Å²) in [5, 5.41) is 17.2. The Bertz CT molecular complexity index is 167. The third-order valence-electron chi connectivity index (χ3n) is 1.68. The van der Waals surface area contributed by atoms with E-state index in [1.807, 2.05) is 19.9 Å². The van der Waals surface area contributed by atoms with Gasteiger partial charge in [-0.15, -0.1) is 0 Å². The molecule has 0 aromatic rings. The monoisotopic (exact) mass is 153 g/mol. The van der Waals surface area contributed by atoms with E-state index in [1.54, 1.807) is 0 Å². The predicted octanol–water partition coefficient (Wildman–Crippen LogP) is 1.86. The molecule has 1 N–H and O–H groups in total. The lowest BCUT2D eigenvalue weighted by atomic mass is 10.0. The maximum atomic E-state index is 8.64. The Morgan fingerprint density at radius 2 is 2.36 bits per heavy atom. The Morgan fingerprint density at radius 3 is 2.73 bits per heavy atom. The molecule has 0 radical (unpaired) electrons. The van der Waals surface area contributed by atoms with Gasteiger partial charge in [0.1, 0.15) is 0 Å². The summed E-state index contributed by atoms with van der Waals surface area (Å²) in [5.41, 5.74) is 0.943. The van der Waals surface area contributed by atoms with Gasteiger partial charge in [-0.2, -0.15) is 5.26 Å². The molecule has 0 heterocycles.